The summed E-state index contributed by atoms with van der Waals surface area (Å²) in [5, 5.41) is 10.9. The molecule has 4 heteroatoms. The monoisotopic (exact) mass is 304 g/mol. The number of aliphatic hydroxyl groups excluding tert-OH is 1. The highest BCUT2D eigenvalue weighted by atomic mass is 35.5. The summed E-state index contributed by atoms with van der Waals surface area (Å²) in [5.74, 6) is 1.36. The number of aliphatic hydroxyl groups is 1. The molecule has 1 unspecified atom stereocenters. The van der Waals surface area contributed by atoms with Crippen molar-refractivity contribution in [3.63, 3.8) is 0 Å². The summed E-state index contributed by atoms with van der Waals surface area (Å²) in [5.41, 5.74) is 2.90. The molecular formula is C17H17ClO3. The van der Waals surface area contributed by atoms with Gasteiger partial charge < -0.3 is 14.6 Å². The van der Waals surface area contributed by atoms with E-state index in [-0.39, 0.29) is 6.10 Å². The summed E-state index contributed by atoms with van der Waals surface area (Å²) >= 11 is 6.16. The van der Waals surface area contributed by atoms with Crippen molar-refractivity contribution in [1.29, 1.82) is 0 Å². The number of hydrogen-bond donors (Lipinski definition) is 1. The molecule has 3 rings (SSSR count). The maximum Gasteiger partial charge on any atom is 0.137 e. The number of rotatable bonds is 2. The summed E-state index contributed by atoms with van der Waals surface area (Å²) < 4.78 is 11.2. The Kier molecular flexibility index (Phi) is 3.79. The van der Waals surface area contributed by atoms with Crippen LogP contribution in [0.2, 0.25) is 5.02 Å². The van der Waals surface area contributed by atoms with Crippen LogP contribution in [0.4, 0.5) is 0 Å². The molecule has 1 N–H and O–H groups in total. The standard InChI is InChI=1S/C17H17ClO3/c1-10-3-5-15-12(7-10)14(19)9-17(21-15)11-4-6-16(20-2)13(18)8-11/h3-8,14,17,19H,9H2,1-2H3/t14-,17?/m1/s1. The first kappa shape index (κ1) is 14.2. The molecule has 110 valence electrons. The maximum atomic E-state index is 10.3. The Balaban J connectivity index is 1.92. The summed E-state index contributed by atoms with van der Waals surface area (Å²) in [6.07, 6.45) is -0.225. The number of halogens is 1. The lowest BCUT2D eigenvalue weighted by Crippen LogP contribution is -2.19. The van der Waals surface area contributed by atoms with Gasteiger partial charge in [0.25, 0.3) is 0 Å². The van der Waals surface area contributed by atoms with Gasteiger partial charge >= 0.3 is 0 Å². The van der Waals surface area contributed by atoms with Gasteiger partial charge in [0.15, 0.2) is 0 Å². The molecule has 1 aliphatic rings. The van der Waals surface area contributed by atoms with Crippen molar-refractivity contribution in [3.05, 3.63) is 58.1 Å². The predicted molar refractivity (Wildman–Crippen MR) is 82.1 cm³/mol. The molecule has 21 heavy (non-hydrogen) atoms. The van der Waals surface area contributed by atoms with Crippen LogP contribution in [0.25, 0.3) is 0 Å². The zero-order valence-corrected chi connectivity index (χ0v) is 12.7. The average molecular weight is 305 g/mol. The summed E-state index contributed by atoms with van der Waals surface area (Å²) in [6, 6.07) is 11.4. The van der Waals surface area contributed by atoms with Crippen LogP contribution in [0.5, 0.6) is 11.5 Å². The van der Waals surface area contributed by atoms with Crippen LogP contribution in [0.15, 0.2) is 36.4 Å². The molecule has 1 heterocycles. The van der Waals surface area contributed by atoms with Gasteiger partial charge in [-0.1, -0.05) is 29.3 Å². The minimum atomic E-state index is -0.528. The van der Waals surface area contributed by atoms with Gasteiger partial charge in [-0.05, 0) is 36.8 Å². The fraction of sp³-hybridized carbons (Fsp3) is 0.294. The van der Waals surface area contributed by atoms with Crippen LogP contribution in [0.1, 0.15) is 35.3 Å². The minimum Gasteiger partial charge on any atom is -0.495 e. The van der Waals surface area contributed by atoms with Crippen molar-refractivity contribution in [2.24, 2.45) is 0 Å². The Morgan fingerprint density at radius 1 is 1.24 bits per heavy atom. The Morgan fingerprint density at radius 3 is 2.76 bits per heavy atom. The SMILES string of the molecule is COc1ccc(C2C[C@@H](O)c3cc(C)ccc3O2)cc1Cl. The molecule has 2 atom stereocenters. The molecule has 0 spiro atoms. The molecule has 0 saturated heterocycles. The zero-order chi connectivity index (χ0) is 15.0. The molecule has 0 saturated carbocycles. The first-order chi connectivity index (χ1) is 10.1. The van der Waals surface area contributed by atoms with Gasteiger partial charge in [0, 0.05) is 12.0 Å². The zero-order valence-electron chi connectivity index (χ0n) is 12.0. The second-order valence-electron chi connectivity index (χ2n) is 5.29. The van der Waals surface area contributed by atoms with Crippen molar-refractivity contribution < 1.29 is 14.6 Å². The fourth-order valence-electron chi connectivity index (χ4n) is 2.65. The third-order valence-electron chi connectivity index (χ3n) is 3.78. The Labute approximate surface area is 129 Å². The van der Waals surface area contributed by atoms with E-state index in [1.165, 1.54) is 0 Å². The van der Waals surface area contributed by atoms with E-state index in [0.29, 0.717) is 17.2 Å². The van der Waals surface area contributed by atoms with E-state index in [1.54, 1.807) is 7.11 Å². The van der Waals surface area contributed by atoms with E-state index in [0.717, 1.165) is 22.4 Å². The molecule has 0 aliphatic carbocycles. The van der Waals surface area contributed by atoms with Crippen molar-refractivity contribution in [2.45, 2.75) is 25.6 Å². The molecule has 2 aromatic rings. The van der Waals surface area contributed by atoms with Crippen LogP contribution in [-0.2, 0) is 0 Å². The van der Waals surface area contributed by atoms with Gasteiger partial charge in [0.05, 0.1) is 18.2 Å². The first-order valence-corrected chi connectivity index (χ1v) is 7.25. The molecule has 3 nitrogen and oxygen atoms in total. The molecule has 0 fully saturated rings. The van der Waals surface area contributed by atoms with Gasteiger partial charge in [-0.15, -0.1) is 0 Å². The second-order valence-corrected chi connectivity index (χ2v) is 5.70. The van der Waals surface area contributed by atoms with Crippen molar-refractivity contribution in [1.82, 2.24) is 0 Å². The van der Waals surface area contributed by atoms with Crippen LogP contribution in [0, 0.1) is 6.92 Å². The average Bonchev–Trinajstić information content (AvgIpc) is 2.47. The Morgan fingerprint density at radius 2 is 2.05 bits per heavy atom. The second kappa shape index (κ2) is 5.58. The van der Waals surface area contributed by atoms with Gasteiger partial charge in [0.2, 0.25) is 0 Å². The highest BCUT2D eigenvalue weighted by Gasteiger charge is 2.28. The summed E-state index contributed by atoms with van der Waals surface area (Å²) in [4.78, 5) is 0. The van der Waals surface area contributed by atoms with Gasteiger partial charge in [-0.2, -0.15) is 0 Å². The van der Waals surface area contributed by atoms with Crippen LogP contribution in [-0.4, -0.2) is 12.2 Å². The Hall–Kier alpha value is -1.71. The van der Waals surface area contributed by atoms with E-state index in [4.69, 9.17) is 21.1 Å². The molecular weight excluding hydrogens is 288 g/mol. The number of ether oxygens (including phenoxy) is 2. The lowest BCUT2D eigenvalue weighted by atomic mass is 9.94. The number of hydrogen-bond acceptors (Lipinski definition) is 3. The van der Waals surface area contributed by atoms with Crippen molar-refractivity contribution in [3.8, 4) is 11.5 Å². The van der Waals surface area contributed by atoms with Crippen LogP contribution >= 0.6 is 11.6 Å². The molecule has 0 bridgehead atoms. The third-order valence-corrected chi connectivity index (χ3v) is 4.07. The number of aryl methyl sites for hydroxylation is 1. The smallest absolute Gasteiger partial charge is 0.137 e. The van der Waals surface area contributed by atoms with Crippen LogP contribution in [0.3, 0.4) is 0 Å². The third kappa shape index (κ3) is 2.71. The summed E-state index contributed by atoms with van der Waals surface area (Å²) in [6.45, 7) is 2.00. The Bertz CT molecular complexity index is 669. The topological polar surface area (TPSA) is 38.7 Å². The van der Waals surface area contributed by atoms with E-state index in [9.17, 15) is 5.11 Å². The van der Waals surface area contributed by atoms with E-state index >= 15 is 0 Å². The molecule has 0 amide bonds. The van der Waals surface area contributed by atoms with Crippen molar-refractivity contribution in [2.75, 3.05) is 7.11 Å². The fourth-order valence-corrected chi connectivity index (χ4v) is 2.92. The van der Waals surface area contributed by atoms with E-state index < -0.39 is 6.10 Å². The van der Waals surface area contributed by atoms with Gasteiger partial charge in [0.1, 0.15) is 17.6 Å². The van der Waals surface area contributed by atoms with Gasteiger partial charge in [-0.25, -0.2) is 0 Å². The number of benzene rings is 2. The molecule has 0 aromatic heterocycles. The number of methoxy groups -OCH3 is 1. The molecule has 1 aliphatic heterocycles. The summed E-state index contributed by atoms with van der Waals surface area (Å²) in [7, 11) is 1.58. The van der Waals surface area contributed by atoms with Crippen LogP contribution < -0.4 is 9.47 Å². The maximum absolute atomic E-state index is 10.3. The largest absolute Gasteiger partial charge is 0.495 e. The molecule has 0 radical (unpaired) electrons. The number of fused-ring (bicyclic) bond motifs is 1. The normalized spacial score (nSPS) is 20.6. The lowest BCUT2D eigenvalue weighted by molar-refractivity contribution is 0.0656. The molecule has 2 aromatic carbocycles. The quantitative estimate of drug-likeness (QED) is 0.903. The first-order valence-electron chi connectivity index (χ1n) is 6.87. The highest BCUT2D eigenvalue weighted by molar-refractivity contribution is 6.32. The highest BCUT2D eigenvalue weighted by Crippen LogP contribution is 2.42. The van der Waals surface area contributed by atoms with E-state index in [2.05, 4.69) is 0 Å². The van der Waals surface area contributed by atoms with E-state index in [1.807, 2.05) is 43.3 Å². The van der Waals surface area contributed by atoms with Gasteiger partial charge in [-0.3, -0.25) is 0 Å². The predicted octanol–water partition coefficient (Wildman–Crippen LogP) is 4.21. The van der Waals surface area contributed by atoms with Crippen molar-refractivity contribution >= 4 is 11.6 Å². The lowest BCUT2D eigenvalue weighted by Gasteiger charge is -2.30. The minimum absolute atomic E-state index is 0.210.